The average molecular weight is 291 g/mol. The van der Waals surface area contributed by atoms with E-state index in [9.17, 15) is 0 Å². The van der Waals surface area contributed by atoms with Crippen molar-refractivity contribution in [3.05, 3.63) is 23.8 Å². The molecule has 1 saturated heterocycles. The van der Waals surface area contributed by atoms with Gasteiger partial charge in [-0.3, -0.25) is 0 Å². The molecule has 0 aliphatic carbocycles. The van der Waals surface area contributed by atoms with Crippen LogP contribution in [-0.4, -0.2) is 37.7 Å². The second-order valence-corrected chi connectivity index (χ2v) is 5.82. The van der Waals surface area contributed by atoms with Gasteiger partial charge in [-0.25, -0.2) is 0 Å². The van der Waals surface area contributed by atoms with Crippen LogP contribution < -0.4 is 9.47 Å². The van der Waals surface area contributed by atoms with Crippen LogP contribution in [0.1, 0.15) is 32.3 Å². The number of oxime groups is 1. The van der Waals surface area contributed by atoms with Crippen LogP contribution in [0.2, 0.25) is 0 Å². The molecule has 0 aromatic heterocycles. The Hall–Kier alpha value is -1.75. The van der Waals surface area contributed by atoms with Gasteiger partial charge in [-0.05, 0) is 32.0 Å². The smallest absolute Gasteiger partial charge is 0.168 e. The molecule has 0 saturated carbocycles. The van der Waals surface area contributed by atoms with Crippen LogP contribution in [0.4, 0.5) is 0 Å². The first kappa shape index (κ1) is 14.2. The third-order valence-electron chi connectivity index (χ3n) is 3.77. The molecule has 2 aliphatic heterocycles. The zero-order valence-corrected chi connectivity index (χ0v) is 12.7. The first-order valence-corrected chi connectivity index (χ1v) is 7.30. The molecule has 5 nitrogen and oxygen atoms in total. The van der Waals surface area contributed by atoms with Crippen molar-refractivity contribution in [2.45, 2.75) is 38.4 Å². The van der Waals surface area contributed by atoms with E-state index in [0.717, 1.165) is 42.2 Å². The average Bonchev–Trinajstić information content (AvgIpc) is 3.09. The molecule has 0 amide bonds. The molecule has 0 bridgehead atoms. The van der Waals surface area contributed by atoms with Gasteiger partial charge in [0.25, 0.3) is 0 Å². The minimum absolute atomic E-state index is 0.0884. The summed E-state index contributed by atoms with van der Waals surface area (Å²) < 4.78 is 16.6. The van der Waals surface area contributed by atoms with Crippen LogP contribution in [0.15, 0.2) is 23.4 Å². The summed E-state index contributed by atoms with van der Waals surface area (Å²) in [4.78, 5) is 5.64. The van der Waals surface area contributed by atoms with Crippen molar-refractivity contribution in [1.82, 2.24) is 0 Å². The van der Waals surface area contributed by atoms with Gasteiger partial charge in [-0.1, -0.05) is 5.16 Å². The Kier molecular flexibility index (Phi) is 3.76. The van der Waals surface area contributed by atoms with Gasteiger partial charge in [0.1, 0.15) is 0 Å². The van der Waals surface area contributed by atoms with Crippen LogP contribution in [0, 0.1) is 0 Å². The van der Waals surface area contributed by atoms with E-state index < -0.39 is 0 Å². The molecule has 0 N–H and O–H groups in total. The Bertz CT molecular complexity index is 547. The maximum Gasteiger partial charge on any atom is 0.168 e. The third kappa shape index (κ3) is 2.83. The zero-order chi connectivity index (χ0) is 14.9. The molecule has 0 radical (unpaired) electrons. The summed E-state index contributed by atoms with van der Waals surface area (Å²) in [6.45, 7) is 5.35. The summed E-state index contributed by atoms with van der Waals surface area (Å²) in [6.07, 6.45) is 1.76. The summed E-state index contributed by atoms with van der Waals surface area (Å²) in [6, 6.07) is 5.87. The zero-order valence-electron chi connectivity index (χ0n) is 12.7. The topological polar surface area (TPSA) is 49.3 Å². The SMILES string of the molecule is COc1ccc(C2=NOC3(CCOC3)C2)cc1OC(C)C. The van der Waals surface area contributed by atoms with E-state index in [1.165, 1.54) is 0 Å². The van der Waals surface area contributed by atoms with Gasteiger partial charge in [0.05, 0.1) is 32.1 Å². The van der Waals surface area contributed by atoms with Crippen molar-refractivity contribution in [3.63, 3.8) is 0 Å². The quantitative estimate of drug-likeness (QED) is 0.856. The van der Waals surface area contributed by atoms with Crippen molar-refractivity contribution in [2.75, 3.05) is 20.3 Å². The fourth-order valence-corrected chi connectivity index (χ4v) is 2.68. The fourth-order valence-electron chi connectivity index (χ4n) is 2.68. The maximum absolute atomic E-state index is 5.81. The number of hydrogen-bond acceptors (Lipinski definition) is 5. The van der Waals surface area contributed by atoms with Gasteiger partial charge in [-0.2, -0.15) is 0 Å². The lowest BCUT2D eigenvalue weighted by molar-refractivity contribution is -0.0237. The van der Waals surface area contributed by atoms with E-state index >= 15 is 0 Å². The van der Waals surface area contributed by atoms with Gasteiger partial charge in [0, 0.05) is 18.4 Å². The lowest BCUT2D eigenvalue weighted by Crippen LogP contribution is -2.29. The molecule has 1 spiro atoms. The molecular weight excluding hydrogens is 270 g/mol. The number of ether oxygens (including phenoxy) is 3. The molecule has 1 unspecified atom stereocenters. The molecule has 5 heteroatoms. The fraction of sp³-hybridized carbons (Fsp3) is 0.562. The van der Waals surface area contributed by atoms with Gasteiger partial charge in [0.2, 0.25) is 0 Å². The lowest BCUT2D eigenvalue weighted by atomic mass is 9.93. The number of hydrogen-bond donors (Lipinski definition) is 0. The first-order chi connectivity index (χ1) is 10.1. The van der Waals surface area contributed by atoms with Crippen molar-refractivity contribution < 1.29 is 19.0 Å². The normalized spacial score (nSPS) is 24.3. The Morgan fingerprint density at radius 3 is 2.81 bits per heavy atom. The molecule has 2 aliphatic rings. The van der Waals surface area contributed by atoms with E-state index in [1.807, 2.05) is 32.0 Å². The first-order valence-electron chi connectivity index (χ1n) is 7.30. The summed E-state index contributed by atoms with van der Waals surface area (Å²) in [5.74, 6) is 1.46. The maximum atomic E-state index is 5.81. The summed E-state index contributed by atoms with van der Waals surface area (Å²) >= 11 is 0. The largest absolute Gasteiger partial charge is 0.493 e. The number of methoxy groups -OCH3 is 1. The van der Waals surface area contributed by atoms with Crippen LogP contribution >= 0.6 is 0 Å². The van der Waals surface area contributed by atoms with Crippen molar-refractivity contribution in [3.8, 4) is 11.5 Å². The Balaban J connectivity index is 1.82. The molecular formula is C16H21NO4. The van der Waals surface area contributed by atoms with Gasteiger partial charge < -0.3 is 19.0 Å². The molecule has 1 fully saturated rings. The van der Waals surface area contributed by atoms with E-state index in [1.54, 1.807) is 7.11 Å². The second-order valence-electron chi connectivity index (χ2n) is 5.82. The highest BCUT2D eigenvalue weighted by atomic mass is 16.7. The monoisotopic (exact) mass is 291 g/mol. The van der Waals surface area contributed by atoms with Crippen LogP contribution in [0.5, 0.6) is 11.5 Å². The van der Waals surface area contributed by atoms with Crippen LogP contribution in [-0.2, 0) is 9.57 Å². The predicted octanol–water partition coefficient (Wildman–Crippen LogP) is 2.77. The van der Waals surface area contributed by atoms with E-state index in [-0.39, 0.29) is 11.7 Å². The van der Waals surface area contributed by atoms with Crippen LogP contribution in [0.25, 0.3) is 0 Å². The molecule has 2 heterocycles. The van der Waals surface area contributed by atoms with Crippen molar-refractivity contribution in [1.29, 1.82) is 0 Å². The predicted molar refractivity (Wildman–Crippen MR) is 79.2 cm³/mol. The molecule has 1 aromatic carbocycles. The standard InChI is InChI=1S/C16H21NO4/c1-11(2)20-15-8-12(4-5-14(15)18-3)13-9-16(21-17-13)6-7-19-10-16/h4-5,8,11H,6-7,9-10H2,1-3H3. The van der Waals surface area contributed by atoms with Crippen molar-refractivity contribution >= 4 is 5.71 Å². The summed E-state index contributed by atoms with van der Waals surface area (Å²) in [5, 5.41) is 4.26. The number of nitrogens with zero attached hydrogens (tertiary/aromatic N) is 1. The molecule has 21 heavy (non-hydrogen) atoms. The molecule has 3 rings (SSSR count). The van der Waals surface area contributed by atoms with E-state index in [2.05, 4.69) is 5.16 Å². The number of benzene rings is 1. The van der Waals surface area contributed by atoms with Crippen molar-refractivity contribution in [2.24, 2.45) is 5.16 Å². The molecule has 114 valence electrons. The Morgan fingerprint density at radius 1 is 1.29 bits per heavy atom. The van der Waals surface area contributed by atoms with E-state index in [0.29, 0.717) is 6.61 Å². The highest BCUT2D eigenvalue weighted by molar-refractivity contribution is 6.02. The van der Waals surface area contributed by atoms with E-state index in [4.69, 9.17) is 19.0 Å². The van der Waals surface area contributed by atoms with Crippen LogP contribution in [0.3, 0.4) is 0 Å². The lowest BCUT2D eigenvalue weighted by Gasteiger charge is -2.17. The second kappa shape index (κ2) is 5.56. The minimum Gasteiger partial charge on any atom is -0.493 e. The summed E-state index contributed by atoms with van der Waals surface area (Å²) in [5.41, 5.74) is 1.70. The summed E-state index contributed by atoms with van der Waals surface area (Å²) in [7, 11) is 1.64. The highest BCUT2D eigenvalue weighted by Gasteiger charge is 2.43. The Morgan fingerprint density at radius 2 is 2.14 bits per heavy atom. The van der Waals surface area contributed by atoms with Gasteiger partial charge >= 0.3 is 0 Å². The van der Waals surface area contributed by atoms with Gasteiger partial charge in [0.15, 0.2) is 17.1 Å². The molecule has 1 atom stereocenters. The number of rotatable bonds is 4. The Labute approximate surface area is 124 Å². The highest BCUT2D eigenvalue weighted by Crippen LogP contribution is 2.36. The minimum atomic E-state index is -0.256. The van der Waals surface area contributed by atoms with Gasteiger partial charge in [-0.15, -0.1) is 0 Å². The molecule has 1 aromatic rings. The third-order valence-corrected chi connectivity index (χ3v) is 3.77.